The van der Waals surface area contributed by atoms with Gasteiger partial charge in [0.05, 0.1) is 30.6 Å². The lowest BCUT2D eigenvalue weighted by atomic mass is 9.94. The summed E-state index contributed by atoms with van der Waals surface area (Å²) in [5, 5.41) is 14.8. The van der Waals surface area contributed by atoms with Gasteiger partial charge in [-0.1, -0.05) is 24.3 Å². The number of halogens is 3. The highest BCUT2D eigenvalue weighted by molar-refractivity contribution is 5.78. The molecule has 2 aliphatic rings. The quantitative estimate of drug-likeness (QED) is 0.524. The normalized spacial score (nSPS) is 20.9. The SMILES string of the molecule is COCCOCC(=O)N[C@@H]1c2ccccc2[C@@H]2CN(Cc3cc(C)nn3C)C[C@H]12.O=C(O)C(F)(F)F. The van der Waals surface area contributed by atoms with Crippen molar-refractivity contribution in [2.45, 2.75) is 31.6 Å². The molecule has 0 bridgehead atoms. The minimum absolute atomic E-state index is 0.0352. The number of carboxylic acid groups (broad SMARTS) is 1. The van der Waals surface area contributed by atoms with Crippen molar-refractivity contribution >= 4 is 11.9 Å². The number of alkyl halides is 3. The highest BCUT2D eigenvalue weighted by atomic mass is 19.4. The van der Waals surface area contributed by atoms with E-state index >= 15 is 0 Å². The van der Waals surface area contributed by atoms with Crippen molar-refractivity contribution in [2.75, 3.05) is 40.0 Å². The second-order valence-electron chi connectivity index (χ2n) is 8.89. The highest BCUT2D eigenvalue weighted by Crippen LogP contribution is 2.49. The van der Waals surface area contributed by atoms with E-state index in [0.29, 0.717) is 25.0 Å². The molecule has 1 aliphatic heterocycles. The zero-order valence-corrected chi connectivity index (χ0v) is 20.4. The molecular weight excluding hydrogens is 481 g/mol. The number of aliphatic carboxylic acids is 1. The third-order valence-corrected chi connectivity index (χ3v) is 6.31. The van der Waals surface area contributed by atoms with Gasteiger partial charge in [0.1, 0.15) is 6.61 Å². The first-order valence-electron chi connectivity index (χ1n) is 11.5. The molecule has 3 atom stereocenters. The summed E-state index contributed by atoms with van der Waals surface area (Å²) < 4.78 is 44.1. The van der Waals surface area contributed by atoms with Crippen LogP contribution < -0.4 is 5.32 Å². The van der Waals surface area contributed by atoms with E-state index in [9.17, 15) is 18.0 Å². The van der Waals surface area contributed by atoms with Gasteiger partial charge in [-0.25, -0.2) is 4.79 Å². The molecular formula is C24H31F3N4O5. The summed E-state index contributed by atoms with van der Waals surface area (Å²) in [6.07, 6.45) is -5.08. The van der Waals surface area contributed by atoms with Gasteiger partial charge in [-0.05, 0) is 24.1 Å². The molecule has 9 nitrogen and oxygen atoms in total. The van der Waals surface area contributed by atoms with E-state index in [4.69, 9.17) is 19.4 Å². The smallest absolute Gasteiger partial charge is 0.475 e. The molecule has 198 valence electrons. The van der Waals surface area contributed by atoms with E-state index in [2.05, 4.69) is 45.6 Å². The minimum atomic E-state index is -5.08. The Morgan fingerprint density at radius 3 is 2.44 bits per heavy atom. The number of carbonyl (C=O) groups is 2. The summed E-state index contributed by atoms with van der Waals surface area (Å²) in [5.41, 5.74) is 4.89. The summed E-state index contributed by atoms with van der Waals surface area (Å²) in [4.78, 5) is 23.9. The fourth-order valence-electron chi connectivity index (χ4n) is 4.82. The third-order valence-electron chi connectivity index (χ3n) is 6.31. The highest BCUT2D eigenvalue weighted by Gasteiger charge is 2.46. The Labute approximate surface area is 207 Å². The maximum absolute atomic E-state index is 12.5. The summed E-state index contributed by atoms with van der Waals surface area (Å²) >= 11 is 0. The maximum Gasteiger partial charge on any atom is 0.490 e. The average Bonchev–Trinajstić information content (AvgIpc) is 3.44. The number of hydrogen-bond donors (Lipinski definition) is 2. The van der Waals surface area contributed by atoms with Gasteiger partial charge in [-0.3, -0.25) is 14.4 Å². The van der Waals surface area contributed by atoms with Gasteiger partial charge in [0.2, 0.25) is 5.91 Å². The predicted octanol–water partition coefficient (Wildman–Crippen LogP) is 2.41. The first kappa shape index (κ1) is 27.6. The van der Waals surface area contributed by atoms with E-state index in [1.165, 1.54) is 16.8 Å². The molecule has 2 N–H and O–H groups in total. The minimum Gasteiger partial charge on any atom is -0.475 e. The molecule has 4 rings (SSSR count). The lowest BCUT2D eigenvalue weighted by Gasteiger charge is -2.23. The molecule has 2 aromatic rings. The van der Waals surface area contributed by atoms with Crippen LogP contribution in [0.25, 0.3) is 0 Å². The standard InChI is InChI=1S/C22H30N4O3.C2HF3O2/c1-15-10-16(25(2)24-15)11-26-12-19-17-6-4-5-7-18(17)22(20(19)13-26)23-21(27)14-29-9-8-28-3;3-2(4,5)1(6)7/h4-7,10,19-20,22H,8-9,11-14H2,1-3H3,(H,23,27);(H,6,7)/t19-,20-,22+;/m0./s1. The first-order valence-corrected chi connectivity index (χ1v) is 11.5. The first-order chi connectivity index (χ1) is 17.0. The zero-order chi connectivity index (χ0) is 26.5. The molecule has 1 aromatic heterocycles. The van der Waals surface area contributed by atoms with Gasteiger partial charge in [0.25, 0.3) is 0 Å². The van der Waals surface area contributed by atoms with Crippen LogP contribution in [0, 0.1) is 12.8 Å². The van der Waals surface area contributed by atoms with E-state index in [1.54, 1.807) is 7.11 Å². The number of aryl methyl sites for hydroxylation is 2. The van der Waals surface area contributed by atoms with Crippen molar-refractivity contribution in [1.29, 1.82) is 0 Å². The monoisotopic (exact) mass is 512 g/mol. The van der Waals surface area contributed by atoms with Gasteiger partial charge in [0.15, 0.2) is 0 Å². The number of ether oxygens (including phenoxy) is 2. The molecule has 2 heterocycles. The Kier molecular flexibility index (Phi) is 9.09. The number of nitrogens with one attached hydrogen (secondary N) is 1. The lowest BCUT2D eigenvalue weighted by molar-refractivity contribution is -0.192. The van der Waals surface area contributed by atoms with E-state index in [0.717, 1.165) is 25.3 Å². The number of carbonyl (C=O) groups excluding carboxylic acids is 1. The Morgan fingerprint density at radius 1 is 1.19 bits per heavy atom. The fraction of sp³-hybridized carbons (Fsp3) is 0.542. The Bertz CT molecular complexity index is 1060. The van der Waals surface area contributed by atoms with Gasteiger partial charge in [-0.15, -0.1) is 0 Å². The largest absolute Gasteiger partial charge is 0.490 e. The fourth-order valence-corrected chi connectivity index (χ4v) is 4.82. The maximum atomic E-state index is 12.5. The zero-order valence-electron chi connectivity index (χ0n) is 20.4. The molecule has 1 saturated heterocycles. The number of amides is 1. The second kappa shape index (κ2) is 11.8. The number of hydrogen-bond acceptors (Lipinski definition) is 6. The summed E-state index contributed by atoms with van der Waals surface area (Å²) in [5.74, 6) is -2.00. The third kappa shape index (κ3) is 6.83. The Morgan fingerprint density at radius 2 is 1.86 bits per heavy atom. The molecule has 0 saturated carbocycles. The number of carboxylic acids is 1. The van der Waals surface area contributed by atoms with Gasteiger partial charge >= 0.3 is 12.1 Å². The van der Waals surface area contributed by atoms with Gasteiger partial charge in [0, 0.05) is 45.6 Å². The van der Waals surface area contributed by atoms with E-state index < -0.39 is 12.1 Å². The Hall–Kier alpha value is -2.96. The van der Waals surface area contributed by atoms with E-state index in [-0.39, 0.29) is 18.6 Å². The summed E-state index contributed by atoms with van der Waals surface area (Å²) in [6.45, 7) is 5.85. The van der Waals surface area contributed by atoms with E-state index in [1.807, 2.05) is 18.7 Å². The van der Waals surface area contributed by atoms with Crippen LogP contribution in [0.3, 0.4) is 0 Å². The predicted molar refractivity (Wildman–Crippen MR) is 123 cm³/mol. The molecule has 1 aliphatic carbocycles. The van der Waals surface area contributed by atoms with Crippen LogP contribution >= 0.6 is 0 Å². The number of likely N-dealkylation sites (tertiary alicyclic amines) is 1. The average molecular weight is 513 g/mol. The van der Waals surface area contributed by atoms with Crippen molar-refractivity contribution in [3.8, 4) is 0 Å². The van der Waals surface area contributed by atoms with Crippen LogP contribution in [0.5, 0.6) is 0 Å². The molecule has 12 heteroatoms. The van der Waals surface area contributed by atoms with Crippen molar-refractivity contribution < 1.29 is 37.3 Å². The topological polar surface area (TPSA) is 106 Å². The number of aromatic nitrogens is 2. The van der Waals surface area contributed by atoms with Crippen LogP contribution in [-0.2, 0) is 32.7 Å². The van der Waals surface area contributed by atoms with Crippen LogP contribution in [0.2, 0.25) is 0 Å². The number of methoxy groups -OCH3 is 1. The van der Waals surface area contributed by atoms with Crippen LogP contribution in [0.1, 0.15) is 34.5 Å². The lowest BCUT2D eigenvalue weighted by Crippen LogP contribution is -2.36. The summed E-state index contributed by atoms with van der Waals surface area (Å²) in [7, 11) is 3.62. The molecule has 0 radical (unpaired) electrons. The van der Waals surface area contributed by atoms with Crippen LogP contribution in [0.4, 0.5) is 13.2 Å². The molecule has 0 unspecified atom stereocenters. The number of fused-ring (bicyclic) bond motifs is 3. The molecule has 1 amide bonds. The second-order valence-corrected chi connectivity index (χ2v) is 8.89. The number of nitrogens with zero attached hydrogens (tertiary/aromatic N) is 3. The van der Waals surface area contributed by atoms with Crippen LogP contribution in [-0.4, -0.2) is 77.9 Å². The Balaban J connectivity index is 0.000000454. The number of rotatable bonds is 8. The molecule has 1 fully saturated rings. The van der Waals surface area contributed by atoms with Crippen molar-refractivity contribution in [3.63, 3.8) is 0 Å². The summed E-state index contributed by atoms with van der Waals surface area (Å²) in [6, 6.07) is 10.7. The van der Waals surface area contributed by atoms with Crippen LogP contribution in [0.15, 0.2) is 30.3 Å². The van der Waals surface area contributed by atoms with Gasteiger partial charge in [-0.2, -0.15) is 18.3 Å². The van der Waals surface area contributed by atoms with Crippen molar-refractivity contribution in [3.05, 3.63) is 52.8 Å². The number of benzene rings is 1. The van der Waals surface area contributed by atoms with Gasteiger partial charge < -0.3 is 19.9 Å². The molecule has 0 spiro atoms. The van der Waals surface area contributed by atoms with Crippen molar-refractivity contribution in [2.24, 2.45) is 13.0 Å². The van der Waals surface area contributed by atoms with Crippen molar-refractivity contribution in [1.82, 2.24) is 20.0 Å². The molecule has 1 aromatic carbocycles. The molecule has 36 heavy (non-hydrogen) atoms.